The van der Waals surface area contributed by atoms with E-state index in [4.69, 9.17) is 38.8 Å². The summed E-state index contributed by atoms with van der Waals surface area (Å²) < 4.78 is 31.0. The van der Waals surface area contributed by atoms with Crippen molar-refractivity contribution in [1.29, 1.82) is 0 Å². The van der Waals surface area contributed by atoms with Gasteiger partial charge in [0.2, 0.25) is 29.5 Å². The number of ether oxygens (including phenoxy) is 6. The molecule has 29 nitrogen and oxygen atoms in total. The number of carbonyl (C=O) groups is 10. The van der Waals surface area contributed by atoms with Gasteiger partial charge >= 0.3 is 5.97 Å². The third-order valence-corrected chi connectivity index (χ3v) is 17.9. The van der Waals surface area contributed by atoms with Crippen LogP contribution in [-0.2, 0) is 109 Å². The number of phenolic OH excluding ortho intramolecular Hbond substituents is 2. The highest BCUT2D eigenvalue weighted by Crippen LogP contribution is 2.23. The Labute approximate surface area is 650 Å². The number of methoxy groups -OCH3 is 2. The molecule has 3 aliphatic heterocycles. The number of amides is 5. The summed E-state index contributed by atoms with van der Waals surface area (Å²) in [6.07, 6.45) is 4.93. The molecule has 0 spiro atoms. The fourth-order valence-electron chi connectivity index (χ4n) is 12.0. The monoisotopic (exact) mass is 1550 g/mol. The molecule has 5 aromatic carbocycles. The third kappa shape index (κ3) is 40.6. The minimum absolute atomic E-state index is 0.0195. The number of aliphatic imine (C=N–C) groups is 1. The van der Waals surface area contributed by atoms with Crippen LogP contribution in [0, 0.1) is 23.7 Å². The van der Waals surface area contributed by atoms with Crippen molar-refractivity contribution in [3.8, 4) is 11.5 Å². The highest BCUT2D eigenvalue weighted by molar-refractivity contribution is 5.96. The first kappa shape index (κ1) is 93.5. The number of hydrogen-bond acceptors (Lipinski definition) is 24. The molecule has 0 aliphatic carbocycles. The summed E-state index contributed by atoms with van der Waals surface area (Å²) in [5.74, 6) is -2.78. The number of phenols is 2. The number of Topliss-reactive ketones (excluding diaryl/α,β-unsaturated/α-hetero) is 4. The summed E-state index contributed by atoms with van der Waals surface area (Å²) in [5, 5.41) is 49.2. The predicted molar refractivity (Wildman–Crippen MR) is 415 cm³/mol. The van der Waals surface area contributed by atoms with Crippen LogP contribution in [0.4, 0.5) is 0 Å². The molecular weight excluding hydrogens is 1430 g/mol. The summed E-state index contributed by atoms with van der Waals surface area (Å²) in [7, 11) is 3.10. The number of hydroxylamine groups is 1. The van der Waals surface area contributed by atoms with E-state index in [-0.39, 0.29) is 139 Å². The topological polar surface area (TPSA) is 421 Å². The molecular formula is C82H115N9O20. The van der Waals surface area contributed by atoms with Gasteiger partial charge in [0.05, 0.1) is 51.7 Å². The second kappa shape index (κ2) is 56.4. The van der Waals surface area contributed by atoms with Crippen LogP contribution in [0.15, 0.2) is 145 Å². The summed E-state index contributed by atoms with van der Waals surface area (Å²) in [6, 6.07) is 38.1. The zero-order valence-corrected chi connectivity index (χ0v) is 64.5. The molecule has 2 fully saturated rings. The maximum Gasteiger partial charge on any atom is 0.306 e. The van der Waals surface area contributed by atoms with Crippen molar-refractivity contribution >= 4 is 64.6 Å². The fraction of sp³-hybridized carbons (Fsp3) is 0.500. The number of carbonyl (C=O) groups excluding carboxylic acids is 10. The molecule has 608 valence electrons. The third-order valence-electron chi connectivity index (χ3n) is 17.9. The molecule has 3 heterocycles. The van der Waals surface area contributed by atoms with Gasteiger partial charge in [0, 0.05) is 129 Å². The minimum atomic E-state index is -1.02. The van der Waals surface area contributed by atoms with E-state index < -0.39 is 77.0 Å². The number of nitrogens with one attached hydrogen (secondary N) is 6. The van der Waals surface area contributed by atoms with E-state index in [2.05, 4.69) is 42.4 Å². The van der Waals surface area contributed by atoms with Crippen LogP contribution < -0.4 is 38.0 Å². The van der Waals surface area contributed by atoms with Crippen LogP contribution in [0.3, 0.4) is 0 Å². The number of fused-ring (bicyclic) bond motifs is 1. The van der Waals surface area contributed by atoms with Crippen LogP contribution in [0.2, 0.25) is 0 Å². The molecule has 12 N–H and O–H groups in total. The van der Waals surface area contributed by atoms with Gasteiger partial charge < -0.3 is 84.9 Å². The quantitative estimate of drug-likeness (QED) is 0.00894. The first-order valence-electron chi connectivity index (χ1n) is 37.7. The number of esters is 1. The SMILES string of the molecule is C1CCOC1.C1CN=C2NCCCN2C1.COCCOCCNC(=O)[C@H](CCC(=O)NO)CC(=O)[C@@H](Cc1ccccc1)NC(=O)[C@@H](CC(C)=O)Cc1ccc(O)cc1.COCCOCCNC(=O)[C@H](CCC(=O)OCc1ccccc1)CC(=O)[C@@H](Cc1ccccc1)NC(=O)[C@@H](CC(C)=O)Cc1ccc(O)cc1.NO. The van der Waals surface area contributed by atoms with Crippen molar-refractivity contribution in [3.63, 3.8) is 0 Å². The Hall–Kier alpha value is -9.85. The molecule has 0 aromatic heterocycles. The van der Waals surface area contributed by atoms with Crippen molar-refractivity contribution in [3.05, 3.63) is 167 Å². The van der Waals surface area contributed by atoms with Crippen LogP contribution in [-0.4, -0.2) is 209 Å². The van der Waals surface area contributed by atoms with Gasteiger partial charge in [-0.25, -0.2) is 11.4 Å². The van der Waals surface area contributed by atoms with E-state index in [1.807, 2.05) is 78.9 Å². The Balaban J connectivity index is 0.000000385. The molecule has 0 radical (unpaired) electrons. The lowest BCUT2D eigenvalue weighted by Crippen LogP contribution is -2.49. The lowest BCUT2D eigenvalue weighted by atomic mass is 9.89. The molecule has 3 aliphatic rings. The van der Waals surface area contributed by atoms with Crippen molar-refractivity contribution in [1.82, 2.24) is 37.0 Å². The Morgan fingerprint density at radius 2 is 0.928 bits per heavy atom. The molecule has 8 rings (SSSR count). The number of rotatable bonds is 44. The molecule has 5 amide bonds. The van der Waals surface area contributed by atoms with Crippen LogP contribution >= 0.6 is 0 Å². The van der Waals surface area contributed by atoms with Gasteiger partial charge in [-0.3, -0.25) is 48.6 Å². The van der Waals surface area contributed by atoms with Crippen molar-refractivity contribution in [2.45, 2.75) is 135 Å². The standard InChI is InChI=1S/C39H48N2O9.C32H43N3O9.C7H13N3.C4H8O.H3NO/c1-28(42)23-33(24-30-13-16-34(43)17-14-30)39(47)41-35(25-29-9-5-3-6-10-29)36(44)26-32(38(46)40-19-20-49-22-21-48-2)15-18-37(45)50-27-31-11-7-4-8-12-31;1-22(36)18-26(19-24-8-11-27(37)12-9-24)32(41)34-28(20-23-6-4-3-5-7-23)29(38)21-25(10-13-30(39)35-42)31(40)33-14-15-44-17-16-43-2;1-3-8-7-9-4-2-6-10(7)5-1;1-2-4-5-3-1;1-2/h3-14,16-17,32-33,35,43H,15,18-27H2,1-2H3,(H,40,46)(H,41,47);3-9,11-12,25-26,28,37,42H,10,13-21H2,1-2H3,(H,33,40)(H,34,41)(H,35,39);1-6H2,(H,8,9);1-4H2;2H,1H2/t32-,33+,35-;25-,26+,28-;;;/m11.../s1. The number of guanidine groups is 1. The summed E-state index contributed by atoms with van der Waals surface area (Å²) in [4.78, 5) is 137. The Morgan fingerprint density at radius 1 is 0.505 bits per heavy atom. The maximum absolute atomic E-state index is 14.0. The lowest BCUT2D eigenvalue weighted by Gasteiger charge is -2.33. The van der Waals surface area contributed by atoms with Crippen LogP contribution in [0.5, 0.6) is 11.5 Å². The maximum atomic E-state index is 14.0. The predicted octanol–water partition coefficient (Wildman–Crippen LogP) is 6.21. The van der Waals surface area contributed by atoms with E-state index in [0.29, 0.717) is 26.4 Å². The van der Waals surface area contributed by atoms with Crippen molar-refractivity contribution in [2.24, 2.45) is 34.6 Å². The van der Waals surface area contributed by atoms with E-state index in [1.165, 1.54) is 82.4 Å². The fourth-order valence-corrected chi connectivity index (χ4v) is 12.0. The van der Waals surface area contributed by atoms with Gasteiger partial charge in [-0.2, -0.15) is 0 Å². The average Bonchev–Trinajstić information content (AvgIpc) is 1.46. The van der Waals surface area contributed by atoms with Crippen LogP contribution in [0.25, 0.3) is 0 Å². The van der Waals surface area contributed by atoms with Gasteiger partial charge in [0.15, 0.2) is 17.5 Å². The largest absolute Gasteiger partial charge is 0.508 e. The molecule has 6 atom stereocenters. The zero-order chi connectivity index (χ0) is 80.8. The van der Waals surface area contributed by atoms with E-state index in [0.717, 1.165) is 60.1 Å². The molecule has 0 unspecified atom stereocenters. The summed E-state index contributed by atoms with van der Waals surface area (Å²) >= 11 is 0. The summed E-state index contributed by atoms with van der Waals surface area (Å²) in [6.45, 7) is 11.7. The van der Waals surface area contributed by atoms with Gasteiger partial charge in [0.1, 0.15) is 29.7 Å². The van der Waals surface area contributed by atoms with E-state index >= 15 is 0 Å². The number of nitrogens with two attached hydrogens (primary N) is 1. The number of ketones is 4. The van der Waals surface area contributed by atoms with Crippen molar-refractivity contribution < 1.29 is 97.0 Å². The number of hydrogen-bond donors (Lipinski definition) is 11. The van der Waals surface area contributed by atoms with Gasteiger partial charge in [0.25, 0.3) is 0 Å². The molecule has 111 heavy (non-hydrogen) atoms. The van der Waals surface area contributed by atoms with Crippen LogP contribution in [0.1, 0.15) is 119 Å². The highest BCUT2D eigenvalue weighted by atomic mass is 16.5. The second-order valence-corrected chi connectivity index (χ2v) is 26.9. The lowest BCUT2D eigenvalue weighted by molar-refractivity contribution is -0.146. The van der Waals surface area contributed by atoms with E-state index in [9.17, 15) is 58.2 Å². The first-order valence-corrected chi connectivity index (χ1v) is 37.7. The molecule has 0 saturated carbocycles. The van der Waals surface area contributed by atoms with Crippen molar-refractivity contribution in [2.75, 3.05) is 106 Å². The zero-order valence-electron chi connectivity index (χ0n) is 64.5. The highest BCUT2D eigenvalue weighted by Gasteiger charge is 2.33. The first-order chi connectivity index (χ1) is 53.7. The molecule has 0 bridgehead atoms. The number of nitrogens with zero attached hydrogens (tertiary/aromatic N) is 2. The number of aromatic hydroxyl groups is 2. The second-order valence-electron chi connectivity index (χ2n) is 26.9. The molecule has 29 heteroatoms. The van der Waals surface area contributed by atoms with Gasteiger partial charge in [-0.1, -0.05) is 115 Å². The van der Waals surface area contributed by atoms with Gasteiger partial charge in [-0.15, -0.1) is 0 Å². The summed E-state index contributed by atoms with van der Waals surface area (Å²) in [5.41, 5.74) is 5.42. The molecule has 2 saturated heterocycles. The molecule has 5 aromatic rings. The smallest absolute Gasteiger partial charge is 0.306 e. The average molecular weight is 1550 g/mol. The Morgan fingerprint density at radius 3 is 1.33 bits per heavy atom. The van der Waals surface area contributed by atoms with E-state index in [1.54, 1.807) is 50.6 Å². The van der Waals surface area contributed by atoms with Gasteiger partial charge in [-0.05, 0) is 130 Å². The minimum Gasteiger partial charge on any atom is -0.508 e. The number of benzene rings is 5. The Bertz CT molecular complexity index is 3550. The Kier molecular flexibility index (Phi) is 47.5. The normalized spacial score (nSPS) is 14.2.